The summed E-state index contributed by atoms with van der Waals surface area (Å²) in [6.45, 7) is 7.26. The molecule has 4 aliphatic carbocycles. The molecule has 1 nitrogen and oxygen atoms in total. The smallest absolute Gasteiger partial charge is 0.0627 e. The van der Waals surface area contributed by atoms with E-state index in [2.05, 4.69) is 20.8 Å². The average Bonchev–Trinajstić information content (AvgIpc) is 2.21. The van der Waals surface area contributed by atoms with Crippen LogP contribution in [0, 0.1) is 28.6 Å². The van der Waals surface area contributed by atoms with Crippen LogP contribution in [0.4, 0.5) is 0 Å². The van der Waals surface area contributed by atoms with Crippen LogP contribution in [0.5, 0.6) is 0 Å². The summed E-state index contributed by atoms with van der Waals surface area (Å²) in [5, 5.41) is 10.5. The van der Waals surface area contributed by atoms with Gasteiger partial charge in [-0.05, 0) is 60.7 Å². The van der Waals surface area contributed by atoms with Crippen LogP contribution in [-0.4, -0.2) is 11.2 Å². The number of fused-ring (bicyclic) bond motifs is 1. The summed E-state index contributed by atoms with van der Waals surface area (Å²) in [5.41, 5.74) is 0.657. The highest BCUT2D eigenvalue weighted by atomic mass is 16.3. The molecule has 0 spiro atoms. The molecule has 4 aliphatic rings. The molecule has 0 aromatic rings. The molecule has 1 N–H and O–H groups in total. The predicted molar refractivity (Wildman–Crippen MR) is 61.4 cm³/mol. The third-order valence-electron chi connectivity index (χ3n) is 6.62. The highest BCUT2D eigenvalue weighted by Crippen LogP contribution is 2.69. The number of hydrogen-bond donors (Lipinski definition) is 1. The van der Waals surface area contributed by atoms with Crippen molar-refractivity contribution in [2.75, 3.05) is 0 Å². The van der Waals surface area contributed by atoms with Crippen LogP contribution in [0.25, 0.3) is 0 Å². The number of hydrogen-bond acceptors (Lipinski definition) is 1. The standard InChI is InChI=1S/C14H24O/c1-9-4-6-14(3)12(15)10-5-7-13(14,2)11(9)8-10/h9-12,15H,4-8H2,1-3H3/t9-,10-,11-,12+,13-,14-/m0/s1. The maximum absolute atomic E-state index is 10.5. The summed E-state index contributed by atoms with van der Waals surface area (Å²) in [6, 6.07) is 0. The Morgan fingerprint density at radius 3 is 2.47 bits per heavy atom. The molecule has 4 saturated carbocycles. The molecule has 4 fully saturated rings. The Morgan fingerprint density at radius 1 is 1.07 bits per heavy atom. The molecule has 4 bridgehead atoms. The van der Waals surface area contributed by atoms with E-state index in [4.69, 9.17) is 0 Å². The molecular weight excluding hydrogens is 184 g/mol. The molecule has 15 heavy (non-hydrogen) atoms. The molecule has 0 unspecified atom stereocenters. The maximum atomic E-state index is 10.5. The fourth-order valence-corrected chi connectivity index (χ4v) is 5.25. The lowest BCUT2D eigenvalue weighted by atomic mass is 9.38. The van der Waals surface area contributed by atoms with Crippen molar-refractivity contribution in [3.05, 3.63) is 0 Å². The molecule has 0 aromatic carbocycles. The van der Waals surface area contributed by atoms with Crippen molar-refractivity contribution >= 4 is 0 Å². The second-order valence-corrected chi connectivity index (χ2v) is 6.94. The summed E-state index contributed by atoms with van der Waals surface area (Å²) >= 11 is 0. The van der Waals surface area contributed by atoms with Crippen LogP contribution in [0.2, 0.25) is 0 Å². The van der Waals surface area contributed by atoms with Gasteiger partial charge in [-0.1, -0.05) is 20.8 Å². The normalized spacial score (nSPS) is 63.2. The van der Waals surface area contributed by atoms with E-state index < -0.39 is 0 Å². The lowest BCUT2D eigenvalue weighted by Crippen LogP contribution is -2.64. The van der Waals surface area contributed by atoms with Gasteiger partial charge in [0, 0.05) is 0 Å². The van der Waals surface area contributed by atoms with Gasteiger partial charge in [0.25, 0.3) is 0 Å². The summed E-state index contributed by atoms with van der Waals surface area (Å²) in [6.07, 6.45) is 6.50. The SMILES string of the molecule is C[C@H]1CC[C@@]2(C)[C@H](O)[C@H]3CC[C@@]2(C)[C@H]1C3. The first kappa shape index (κ1) is 10.1. The minimum Gasteiger partial charge on any atom is -0.392 e. The summed E-state index contributed by atoms with van der Waals surface area (Å²) in [5.74, 6) is 2.39. The van der Waals surface area contributed by atoms with Crippen molar-refractivity contribution < 1.29 is 5.11 Å². The first-order valence-corrected chi connectivity index (χ1v) is 6.67. The van der Waals surface area contributed by atoms with Gasteiger partial charge < -0.3 is 5.11 Å². The molecule has 0 heterocycles. The van der Waals surface area contributed by atoms with Crippen LogP contribution in [0.3, 0.4) is 0 Å². The lowest BCUT2D eigenvalue weighted by molar-refractivity contribution is -0.231. The van der Waals surface area contributed by atoms with Gasteiger partial charge in [0.2, 0.25) is 0 Å². The van der Waals surface area contributed by atoms with Crippen molar-refractivity contribution in [3.8, 4) is 0 Å². The Balaban J connectivity index is 2.07. The second kappa shape index (κ2) is 2.80. The Labute approximate surface area is 93.3 Å². The van der Waals surface area contributed by atoms with Crippen molar-refractivity contribution in [3.63, 3.8) is 0 Å². The Kier molecular flexibility index (Phi) is 1.89. The van der Waals surface area contributed by atoms with E-state index in [-0.39, 0.29) is 11.5 Å². The molecule has 0 amide bonds. The van der Waals surface area contributed by atoms with Crippen LogP contribution < -0.4 is 0 Å². The Morgan fingerprint density at radius 2 is 1.73 bits per heavy atom. The molecule has 1 heteroatoms. The van der Waals surface area contributed by atoms with Crippen molar-refractivity contribution in [2.24, 2.45) is 28.6 Å². The van der Waals surface area contributed by atoms with Gasteiger partial charge in [-0.25, -0.2) is 0 Å². The minimum atomic E-state index is -0.0139. The number of rotatable bonds is 0. The molecule has 0 saturated heterocycles. The van der Waals surface area contributed by atoms with Crippen molar-refractivity contribution in [1.29, 1.82) is 0 Å². The monoisotopic (exact) mass is 208 g/mol. The molecular formula is C14H24O. The zero-order valence-corrected chi connectivity index (χ0v) is 10.3. The van der Waals surface area contributed by atoms with Gasteiger partial charge in [-0.15, -0.1) is 0 Å². The first-order valence-electron chi connectivity index (χ1n) is 6.67. The van der Waals surface area contributed by atoms with E-state index in [1.165, 1.54) is 32.1 Å². The van der Waals surface area contributed by atoms with Crippen LogP contribution >= 0.6 is 0 Å². The fourth-order valence-electron chi connectivity index (χ4n) is 5.25. The molecule has 0 aromatic heterocycles. The summed E-state index contributed by atoms with van der Waals surface area (Å²) < 4.78 is 0. The number of aliphatic hydroxyl groups is 1. The summed E-state index contributed by atoms with van der Waals surface area (Å²) in [7, 11) is 0. The van der Waals surface area contributed by atoms with Crippen LogP contribution in [-0.2, 0) is 0 Å². The van der Waals surface area contributed by atoms with Gasteiger partial charge in [0.05, 0.1) is 6.10 Å². The number of aliphatic hydroxyl groups excluding tert-OH is 1. The molecule has 0 aliphatic heterocycles. The molecule has 4 rings (SSSR count). The topological polar surface area (TPSA) is 20.2 Å². The Bertz CT molecular complexity index is 287. The predicted octanol–water partition coefficient (Wildman–Crippen LogP) is 3.22. The van der Waals surface area contributed by atoms with Gasteiger partial charge >= 0.3 is 0 Å². The van der Waals surface area contributed by atoms with E-state index in [9.17, 15) is 5.11 Å². The third kappa shape index (κ3) is 0.988. The van der Waals surface area contributed by atoms with Gasteiger partial charge in [0.15, 0.2) is 0 Å². The van der Waals surface area contributed by atoms with E-state index in [0.717, 1.165) is 11.8 Å². The molecule has 6 atom stereocenters. The quantitative estimate of drug-likeness (QED) is 0.648. The van der Waals surface area contributed by atoms with E-state index in [1.807, 2.05) is 0 Å². The third-order valence-corrected chi connectivity index (χ3v) is 6.62. The first-order chi connectivity index (χ1) is 6.99. The van der Waals surface area contributed by atoms with Crippen molar-refractivity contribution in [2.45, 2.75) is 59.0 Å². The Hall–Kier alpha value is -0.0400. The van der Waals surface area contributed by atoms with Gasteiger partial charge in [-0.3, -0.25) is 0 Å². The highest BCUT2D eigenvalue weighted by Gasteiger charge is 2.64. The van der Waals surface area contributed by atoms with Gasteiger partial charge in [0.1, 0.15) is 0 Å². The zero-order chi connectivity index (χ0) is 10.8. The largest absolute Gasteiger partial charge is 0.392 e. The van der Waals surface area contributed by atoms with E-state index >= 15 is 0 Å². The maximum Gasteiger partial charge on any atom is 0.0627 e. The summed E-state index contributed by atoms with van der Waals surface area (Å²) in [4.78, 5) is 0. The lowest BCUT2D eigenvalue weighted by Gasteiger charge is -2.68. The highest BCUT2D eigenvalue weighted by molar-refractivity contribution is 5.13. The van der Waals surface area contributed by atoms with E-state index in [1.54, 1.807) is 0 Å². The molecule has 0 radical (unpaired) electrons. The average molecular weight is 208 g/mol. The van der Waals surface area contributed by atoms with E-state index in [0.29, 0.717) is 11.3 Å². The zero-order valence-electron chi connectivity index (χ0n) is 10.3. The minimum absolute atomic E-state index is 0.0139. The van der Waals surface area contributed by atoms with Gasteiger partial charge in [-0.2, -0.15) is 0 Å². The van der Waals surface area contributed by atoms with Crippen molar-refractivity contribution in [1.82, 2.24) is 0 Å². The van der Waals surface area contributed by atoms with Crippen LogP contribution in [0.1, 0.15) is 52.9 Å². The van der Waals surface area contributed by atoms with Crippen LogP contribution in [0.15, 0.2) is 0 Å². The molecule has 86 valence electrons. The second-order valence-electron chi connectivity index (χ2n) is 6.94. The fraction of sp³-hybridized carbons (Fsp3) is 1.00.